The highest BCUT2D eigenvalue weighted by atomic mass is 32.2. The molecule has 1 atom stereocenters. The maximum atomic E-state index is 12.1. The van der Waals surface area contributed by atoms with Gasteiger partial charge in [0.1, 0.15) is 0 Å². The SMILES string of the molecule is COc1cccc(CS(=O)(=O)C(C(=O)O)C(C)C)n1. The average molecular weight is 287 g/mol. The van der Waals surface area contributed by atoms with Crippen molar-refractivity contribution in [3.63, 3.8) is 0 Å². The summed E-state index contributed by atoms with van der Waals surface area (Å²) in [6.07, 6.45) is 0. The van der Waals surface area contributed by atoms with Crippen LogP contribution in [0.3, 0.4) is 0 Å². The maximum absolute atomic E-state index is 12.1. The molecule has 1 N–H and O–H groups in total. The number of aliphatic carboxylic acids is 1. The predicted octanol–water partition coefficient (Wildman–Crippen LogP) is 1.11. The van der Waals surface area contributed by atoms with E-state index in [0.717, 1.165) is 0 Å². The van der Waals surface area contributed by atoms with Gasteiger partial charge >= 0.3 is 5.97 Å². The molecule has 0 aliphatic heterocycles. The summed E-state index contributed by atoms with van der Waals surface area (Å²) in [6, 6.07) is 4.73. The van der Waals surface area contributed by atoms with Crippen LogP contribution in [0.25, 0.3) is 0 Å². The summed E-state index contributed by atoms with van der Waals surface area (Å²) in [6.45, 7) is 3.13. The normalized spacial score (nSPS) is 13.3. The highest BCUT2D eigenvalue weighted by molar-refractivity contribution is 7.92. The van der Waals surface area contributed by atoms with Crippen LogP contribution >= 0.6 is 0 Å². The van der Waals surface area contributed by atoms with Gasteiger partial charge < -0.3 is 9.84 Å². The molecule has 0 fully saturated rings. The van der Waals surface area contributed by atoms with Gasteiger partial charge in [0.25, 0.3) is 0 Å². The van der Waals surface area contributed by atoms with Crippen molar-refractivity contribution in [2.45, 2.75) is 24.9 Å². The van der Waals surface area contributed by atoms with E-state index in [1.165, 1.54) is 13.2 Å². The third-order valence-corrected chi connectivity index (χ3v) is 4.79. The van der Waals surface area contributed by atoms with Gasteiger partial charge in [0.05, 0.1) is 18.6 Å². The van der Waals surface area contributed by atoms with Crippen molar-refractivity contribution < 1.29 is 23.1 Å². The van der Waals surface area contributed by atoms with Crippen molar-refractivity contribution in [1.82, 2.24) is 4.98 Å². The summed E-state index contributed by atoms with van der Waals surface area (Å²) in [5, 5.41) is 7.60. The summed E-state index contributed by atoms with van der Waals surface area (Å²) in [5.41, 5.74) is 0.270. The number of ether oxygens (including phenoxy) is 1. The molecule has 0 saturated carbocycles. The van der Waals surface area contributed by atoms with Crippen LogP contribution in [0, 0.1) is 5.92 Å². The van der Waals surface area contributed by atoms with E-state index >= 15 is 0 Å². The minimum Gasteiger partial charge on any atom is -0.481 e. The van der Waals surface area contributed by atoms with Crippen LogP contribution in [0.4, 0.5) is 0 Å². The van der Waals surface area contributed by atoms with Crippen LogP contribution < -0.4 is 4.74 Å². The quantitative estimate of drug-likeness (QED) is 0.842. The van der Waals surface area contributed by atoms with Gasteiger partial charge in [-0.1, -0.05) is 19.9 Å². The number of aromatic nitrogens is 1. The van der Waals surface area contributed by atoms with Gasteiger partial charge in [0, 0.05) is 6.07 Å². The number of sulfone groups is 1. The van der Waals surface area contributed by atoms with Crippen LogP contribution in [0.5, 0.6) is 5.88 Å². The Morgan fingerprint density at radius 1 is 1.42 bits per heavy atom. The molecule has 0 saturated heterocycles. The number of nitrogens with zero attached hydrogens (tertiary/aromatic N) is 1. The first-order valence-electron chi connectivity index (χ1n) is 5.72. The number of carboxylic acid groups (broad SMARTS) is 1. The molecule has 6 nitrogen and oxygen atoms in total. The number of rotatable bonds is 6. The van der Waals surface area contributed by atoms with Crippen molar-refractivity contribution in [2.75, 3.05) is 7.11 Å². The fraction of sp³-hybridized carbons (Fsp3) is 0.500. The lowest BCUT2D eigenvalue weighted by molar-refractivity contribution is -0.137. The van der Waals surface area contributed by atoms with Gasteiger partial charge in [-0.15, -0.1) is 0 Å². The topological polar surface area (TPSA) is 93.6 Å². The molecule has 0 aromatic carbocycles. The van der Waals surface area contributed by atoms with Crippen LogP contribution in [0.1, 0.15) is 19.5 Å². The number of hydrogen-bond donors (Lipinski definition) is 1. The first kappa shape index (κ1) is 15.4. The van der Waals surface area contributed by atoms with E-state index in [9.17, 15) is 13.2 Å². The fourth-order valence-electron chi connectivity index (χ4n) is 1.80. The molecule has 1 rings (SSSR count). The number of pyridine rings is 1. The monoisotopic (exact) mass is 287 g/mol. The van der Waals surface area contributed by atoms with Crippen LogP contribution in [0.15, 0.2) is 18.2 Å². The number of methoxy groups -OCH3 is 1. The molecule has 1 heterocycles. The molecule has 1 aromatic heterocycles. The van der Waals surface area contributed by atoms with E-state index in [-0.39, 0.29) is 5.69 Å². The van der Waals surface area contributed by atoms with Gasteiger partial charge in [0.15, 0.2) is 15.1 Å². The van der Waals surface area contributed by atoms with E-state index in [0.29, 0.717) is 5.88 Å². The Labute approximate surface area is 112 Å². The lowest BCUT2D eigenvalue weighted by Crippen LogP contribution is -2.35. The molecule has 19 heavy (non-hydrogen) atoms. The second-order valence-electron chi connectivity index (χ2n) is 4.48. The van der Waals surface area contributed by atoms with Crippen molar-refractivity contribution in [3.05, 3.63) is 23.9 Å². The average Bonchev–Trinajstić information content (AvgIpc) is 2.26. The van der Waals surface area contributed by atoms with Crippen LogP contribution in [-0.2, 0) is 20.4 Å². The maximum Gasteiger partial charge on any atom is 0.322 e. The summed E-state index contributed by atoms with van der Waals surface area (Å²) < 4.78 is 29.1. The third kappa shape index (κ3) is 3.92. The third-order valence-electron chi connectivity index (χ3n) is 2.58. The molecule has 0 aliphatic rings. The smallest absolute Gasteiger partial charge is 0.322 e. The Bertz CT molecular complexity index is 553. The zero-order chi connectivity index (χ0) is 14.6. The molecular formula is C12H17NO5S. The highest BCUT2D eigenvalue weighted by Crippen LogP contribution is 2.18. The van der Waals surface area contributed by atoms with E-state index in [1.54, 1.807) is 26.0 Å². The summed E-state index contributed by atoms with van der Waals surface area (Å²) in [4.78, 5) is 15.1. The Morgan fingerprint density at radius 2 is 2.05 bits per heavy atom. The Morgan fingerprint density at radius 3 is 2.53 bits per heavy atom. The molecule has 106 valence electrons. The van der Waals surface area contributed by atoms with Gasteiger partial charge in [0.2, 0.25) is 5.88 Å². The first-order valence-corrected chi connectivity index (χ1v) is 7.43. The first-order chi connectivity index (χ1) is 8.77. The molecule has 0 spiro atoms. The molecule has 7 heteroatoms. The second-order valence-corrected chi connectivity index (χ2v) is 6.60. The highest BCUT2D eigenvalue weighted by Gasteiger charge is 2.35. The lowest BCUT2D eigenvalue weighted by Gasteiger charge is -2.16. The molecule has 0 bridgehead atoms. The molecular weight excluding hydrogens is 270 g/mol. The van der Waals surface area contributed by atoms with Crippen molar-refractivity contribution >= 4 is 15.8 Å². The molecule has 1 unspecified atom stereocenters. The number of carbonyl (C=O) groups is 1. The van der Waals surface area contributed by atoms with Gasteiger partial charge in [-0.05, 0) is 12.0 Å². The predicted molar refractivity (Wildman–Crippen MR) is 69.7 cm³/mol. The zero-order valence-electron chi connectivity index (χ0n) is 11.0. The van der Waals surface area contributed by atoms with Crippen molar-refractivity contribution in [2.24, 2.45) is 5.92 Å². The van der Waals surface area contributed by atoms with E-state index in [1.807, 2.05) is 0 Å². The van der Waals surface area contributed by atoms with Gasteiger partial charge in [-0.2, -0.15) is 0 Å². The largest absolute Gasteiger partial charge is 0.481 e. The Hall–Kier alpha value is -1.63. The van der Waals surface area contributed by atoms with Crippen LogP contribution in [-0.4, -0.2) is 36.8 Å². The fourth-order valence-corrected chi connectivity index (χ4v) is 3.69. The van der Waals surface area contributed by atoms with Crippen molar-refractivity contribution in [3.8, 4) is 5.88 Å². The lowest BCUT2D eigenvalue weighted by atomic mass is 10.1. The minimum absolute atomic E-state index is 0.270. The number of carboxylic acids is 1. The molecule has 0 amide bonds. The van der Waals surface area contributed by atoms with Crippen molar-refractivity contribution in [1.29, 1.82) is 0 Å². The van der Waals surface area contributed by atoms with Gasteiger partial charge in [-0.25, -0.2) is 13.4 Å². The Kier molecular flexibility index (Phi) is 4.88. The van der Waals surface area contributed by atoms with E-state index < -0.39 is 32.7 Å². The van der Waals surface area contributed by atoms with Gasteiger partial charge in [-0.3, -0.25) is 4.79 Å². The van der Waals surface area contributed by atoms with E-state index in [2.05, 4.69) is 4.98 Å². The standard InChI is InChI=1S/C12H17NO5S/c1-8(2)11(12(14)15)19(16,17)7-9-5-4-6-10(13-9)18-3/h4-6,8,11H,7H2,1-3H3,(H,14,15). The van der Waals surface area contributed by atoms with E-state index in [4.69, 9.17) is 9.84 Å². The minimum atomic E-state index is -3.82. The zero-order valence-corrected chi connectivity index (χ0v) is 11.8. The summed E-state index contributed by atoms with van der Waals surface area (Å²) in [7, 11) is -2.39. The summed E-state index contributed by atoms with van der Waals surface area (Å²) >= 11 is 0. The number of hydrogen-bond acceptors (Lipinski definition) is 5. The second kappa shape index (κ2) is 6.01. The molecule has 1 aromatic rings. The Balaban J connectivity index is 3.04. The molecule has 0 aliphatic carbocycles. The summed E-state index contributed by atoms with van der Waals surface area (Å²) in [5.74, 6) is -1.96. The van der Waals surface area contributed by atoms with Crippen LogP contribution in [0.2, 0.25) is 0 Å². The molecule has 0 radical (unpaired) electrons.